The molecule has 0 aliphatic rings. The molecule has 1 aromatic carbocycles. The highest BCUT2D eigenvalue weighted by atomic mass is 32.2. The number of hydrogen-bond acceptors (Lipinski definition) is 4. The molecule has 0 bridgehead atoms. The summed E-state index contributed by atoms with van der Waals surface area (Å²) >= 11 is 0. The second-order valence-electron chi connectivity index (χ2n) is 4.80. The molecule has 0 aliphatic carbocycles. The van der Waals surface area contributed by atoms with Gasteiger partial charge in [-0.15, -0.1) is 0 Å². The molecule has 2 rings (SSSR count). The van der Waals surface area contributed by atoms with E-state index < -0.39 is 10.0 Å². The van der Waals surface area contributed by atoms with Crippen LogP contribution in [0.15, 0.2) is 45.9 Å². The molecule has 0 saturated heterocycles. The average molecular weight is 294 g/mol. The second kappa shape index (κ2) is 5.68. The van der Waals surface area contributed by atoms with E-state index >= 15 is 0 Å². The fourth-order valence-electron chi connectivity index (χ4n) is 2.13. The van der Waals surface area contributed by atoms with Gasteiger partial charge in [-0.05, 0) is 43.7 Å². The SMILES string of the molecule is Cc1c(NC(C)Cc2ccco2)cccc1S(N)(=O)=O. The van der Waals surface area contributed by atoms with Crippen molar-refractivity contribution in [2.24, 2.45) is 5.14 Å². The number of furan rings is 1. The van der Waals surface area contributed by atoms with Crippen LogP contribution in [0.2, 0.25) is 0 Å². The third kappa shape index (κ3) is 3.40. The Kier molecular flexibility index (Phi) is 4.15. The van der Waals surface area contributed by atoms with Crippen LogP contribution >= 0.6 is 0 Å². The van der Waals surface area contributed by atoms with Crippen molar-refractivity contribution >= 4 is 15.7 Å². The molecule has 20 heavy (non-hydrogen) atoms. The first-order valence-electron chi connectivity index (χ1n) is 6.29. The zero-order chi connectivity index (χ0) is 14.8. The van der Waals surface area contributed by atoms with Gasteiger partial charge in [0, 0.05) is 18.2 Å². The summed E-state index contributed by atoms with van der Waals surface area (Å²) in [6, 6.07) is 8.88. The van der Waals surface area contributed by atoms with Crippen LogP contribution in [0.25, 0.3) is 0 Å². The highest BCUT2D eigenvalue weighted by molar-refractivity contribution is 7.89. The summed E-state index contributed by atoms with van der Waals surface area (Å²) < 4.78 is 28.3. The van der Waals surface area contributed by atoms with E-state index in [4.69, 9.17) is 9.56 Å². The minimum absolute atomic E-state index is 0.107. The summed E-state index contributed by atoms with van der Waals surface area (Å²) in [6.07, 6.45) is 2.35. The van der Waals surface area contributed by atoms with Gasteiger partial charge < -0.3 is 9.73 Å². The Bertz CT molecular complexity index is 678. The van der Waals surface area contributed by atoms with Crippen LogP contribution in [0.1, 0.15) is 18.2 Å². The molecular formula is C14H18N2O3S. The molecule has 0 saturated carbocycles. The summed E-state index contributed by atoms with van der Waals surface area (Å²) in [7, 11) is -3.70. The molecule has 6 heteroatoms. The maximum Gasteiger partial charge on any atom is 0.238 e. The first-order valence-corrected chi connectivity index (χ1v) is 7.84. The van der Waals surface area contributed by atoms with E-state index in [1.807, 2.05) is 25.1 Å². The van der Waals surface area contributed by atoms with Crippen molar-refractivity contribution in [3.05, 3.63) is 47.9 Å². The molecule has 3 N–H and O–H groups in total. The molecule has 1 unspecified atom stereocenters. The van der Waals surface area contributed by atoms with E-state index in [9.17, 15) is 8.42 Å². The molecule has 0 amide bonds. The Balaban J connectivity index is 2.17. The van der Waals surface area contributed by atoms with Crippen molar-refractivity contribution in [1.29, 1.82) is 0 Å². The van der Waals surface area contributed by atoms with Crippen molar-refractivity contribution in [3.63, 3.8) is 0 Å². The standard InChI is InChI=1S/C14H18N2O3S/c1-10(9-12-5-4-8-19-12)16-13-6-3-7-14(11(13)2)20(15,17)18/h3-8,10,16H,9H2,1-2H3,(H2,15,17,18). The fraction of sp³-hybridized carbons (Fsp3) is 0.286. The molecular weight excluding hydrogens is 276 g/mol. The van der Waals surface area contributed by atoms with E-state index in [0.29, 0.717) is 12.0 Å². The first kappa shape index (κ1) is 14.6. The van der Waals surface area contributed by atoms with Crippen LogP contribution in [0, 0.1) is 6.92 Å². The van der Waals surface area contributed by atoms with Crippen LogP contribution in [0.3, 0.4) is 0 Å². The number of hydrogen-bond donors (Lipinski definition) is 2. The zero-order valence-electron chi connectivity index (χ0n) is 11.5. The lowest BCUT2D eigenvalue weighted by Gasteiger charge is -2.17. The number of sulfonamides is 1. The van der Waals surface area contributed by atoms with Crippen LogP contribution in [0.4, 0.5) is 5.69 Å². The van der Waals surface area contributed by atoms with E-state index in [2.05, 4.69) is 5.32 Å². The molecule has 5 nitrogen and oxygen atoms in total. The summed E-state index contributed by atoms with van der Waals surface area (Å²) in [5, 5.41) is 8.48. The highest BCUT2D eigenvalue weighted by Gasteiger charge is 2.15. The van der Waals surface area contributed by atoms with Crippen molar-refractivity contribution in [2.45, 2.75) is 31.2 Å². The summed E-state index contributed by atoms with van der Waals surface area (Å²) in [6.45, 7) is 3.74. The Labute approximate surface area is 118 Å². The Morgan fingerprint density at radius 1 is 1.30 bits per heavy atom. The minimum Gasteiger partial charge on any atom is -0.469 e. The Morgan fingerprint density at radius 2 is 2.05 bits per heavy atom. The van der Waals surface area contributed by atoms with Gasteiger partial charge in [-0.3, -0.25) is 0 Å². The van der Waals surface area contributed by atoms with Gasteiger partial charge in [0.15, 0.2) is 0 Å². The fourth-order valence-corrected chi connectivity index (χ4v) is 2.93. The Hall–Kier alpha value is -1.79. The van der Waals surface area contributed by atoms with Gasteiger partial charge in [0.2, 0.25) is 10.0 Å². The normalized spacial score (nSPS) is 13.2. The van der Waals surface area contributed by atoms with E-state index in [0.717, 1.165) is 11.4 Å². The zero-order valence-corrected chi connectivity index (χ0v) is 12.3. The number of nitrogens with one attached hydrogen (secondary N) is 1. The summed E-state index contributed by atoms with van der Waals surface area (Å²) in [5.41, 5.74) is 1.39. The van der Waals surface area contributed by atoms with Crippen molar-refractivity contribution < 1.29 is 12.8 Å². The Morgan fingerprint density at radius 3 is 2.65 bits per heavy atom. The third-order valence-corrected chi connectivity index (χ3v) is 4.14. The van der Waals surface area contributed by atoms with Crippen molar-refractivity contribution in [2.75, 3.05) is 5.32 Å². The number of rotatable bonds is 5. The van der Waals surface area contributed by atoms with Crippen LogP contribution in [-0.2, 0) is 16.4 Å². The molecule has 0 fully saturated rings. The van der Waals surface area contributed by atoms with Gasteiger partial charge in [-0.1, -0.05) is 6.07 Å². The quantitative estimate of drug-likeness (QED) is 0.886. The molecule has 2 aromatic rings. The van der Waals surface area contributed by atoms with Crippen LogP contribution < -0.4 is 10.5 Å². The maximum absolute atomic E-state index is 11.5. The predicted octanol–water partition coefficient (Wildman–Crippen LogP) is 2.28. The number of anilines is 1. The lowest BCUT2D eigenvalue weighted by molar-refractivity contribution is 0.497. The molecule has 108 valence electrons. The minimum atomic E-state index is -3.70. The van der Waals surface area contributed by atoms with Gasteiger partial charge in [0.1, 0.15) is 5.76 Å². The number of primary sulfonamides is 1. The third-order valence-electron chi connectivity index (χ3n) is 3.08. The number of benzene rings is 1. The van der Waals surface area contributed by atoms with Crippen molar-refractivity contribution in [1.82, 2.24) is 0 Å². The van der Waals surface area contributed by atoms with Crippen molar-refractivity contribution in [3.8, 4) is 0 Å². The van der Waals surface area contributed by atoms with Gasteiger partial charge in [-0.2, -0.15) is 0 Å². The molecule has 1 atom stereocenters. The first-order chi connectivity index (χ1) is 9.38. The summed E-state index contributed by atoms with van der Waals surface area (Å²) in [4.78, 5) is 0.146. The van der Waals surface area contributed by atoms with Crippen LogP contribution in [0.5, 0.6) is 0 Å². The second-order valence-corrected chi connectivity index (χ2v) is 6.33. The van der Waals surface area contributed by atoms with E-state index in [1.54, 1.807) is 19.3 Å². The smallest absolute Gasteiger partial charge is 0.238 e. The largest absolute Gasteiger partial charge is 0.469 e. The predicted molar refractivity (Wildman–Crippen MR) is 78.0 cm³/mol. The lowest BCUT2D eigenvalue weighted by Crippen LogP contribution is -2.20. The number of nitrogens with two attached hydrogens (primary N) is 1. The van der Waals surface area contributed by atoms with Gasteiger partial charge >= 0.3 is 0 Å². The highest BCUT2D eigenvalue weighted by Crippen LogP contribution is 2.23. The molecule has 0 aliphatic heterocycles. The van der Waals surface area contributed by atoms with Gasteiger partial charge in [0.05, 0.1) is 11.2 Å². The molecule has 0 radical (unpaired) electrons. The molecule has 1 aromatic heterocycles. The molecule has 0 spiro atoms. The van der Waals surface area contributed by atoms with E-state index in [-0.39, 0.29) is 10.9 Å². The summed E-state index contributed by atoms with van der Waals surface area (Å²) in [5.74, 6) is 0.880. The monoisotopic (exact) mass is 294 g/mol. The maximum atomic E-state index is 11.5. The average Bonchev–Trinajstić information content (AvgIpc) is 2.83. The van der Waals surface area contributed by atoms with Gasteiger partial charge in [0.25, 0.3) is 0 Å². The topological polar surface area (TPSA) is 85.3 Å². The lowest BCUT2D eigenvalue weighted by atomic mass is 10.1. The molecule has 1 heterocycles. The van der Waals surface area contributed by atoms with E-state index in [1.165, 1.54) is 6.07 Å². The van der Waals surface area contributed by atoms with Gasteiger partial charge in [-0.25, -0.2) is 13.6 Å². The van der Waals surface area contributed by atoms with Crippen LogP contribution in [-0.4, -0.2) is 14.5 Å².